The van der Waals surface area contributed by atoms with Gasteiger partial charge < -0.3 is 9.46 Å². The summed E-state index contributed by atoms with van der Waals surface area (Å²) in [6.45, 7) is 10.2. The Hall–Kier alpha value is -1.01. The van der Waals surface area contributed by atoms with Gasteiger partial charge in [0.1, 0.15) is 7.14 Å². The molecule has 2 nitrogen and oxygen atoms in total. The second kappa shape index (κ2) is 7.55. The molecule has 1 aromatic carbocycles. The summed E-state index contributed by atoms with van der Waals surface area (Å²) in [6, 6.07) is 10.3. The first-order valence-electron chi connectivity index (χ1n) is 7.21. The van der Waals surface area contributed by atoms with Crippen LogP contribution in [0.15, 0.2) is 36.1 Å². The van der Waals surface area contributed by atoms with Crippen molar-refractivity contribution in [1.29, 1.82) is 0 Å². The minimum Gasteiger partial charge on any atom is -0.371 e. The Balaban J connectivity index is 3.28. The smallest absolute Gasteiger partial charge is 0.110 e. The zero-order chi connectivity index (χ0) is 14.3. The van der Waals surface area contributed by atoms with Crippen molar-refractivity contribution in [3.63, 3.8) is 0 Å². The highest BCUT2D eigenvalue weighted by Gasteiger charge is 2.18. The van der Waals surface area contributed by atoms with E-state index in [-0.39, 0.29) is 0 Å². The fraction of sp³-hybridized carbons (Fsp3) is 0.500. The van der Waals surface area contributed by atoms with E-state index in [4.69, 9.17) is 0 Å². The second-order valence-electron chi connectivity index (χ2n) is 4.64. The molecule has 0 saturated heterocycles. The summed E-state index contributed by atoms with van der Waals surface area (Å²) in [7, 11) is -2.19. The van der Waals surface area contributed by atoms with Gasteiger partial charge >= 0.3 is 0 Å². The van der Waals surface area contributed by atoms with Crippen LogP contribution in [0.25, 0.3) is 5.70 Å². The maximum absolute atomic E-state index is 12.8. The normalized spacial score (nSPS) is 12.5. The van der Waals surface area contributed by atoms with Gasteiger partial charge in [-0.15, -0.1) is 0 Å². The molecule has 0 aliphatic heterocycles. The fourth-order valence-corrected chi connectivity index (χ4v) is 3.71. The molecule has 3 heteroatoms. The van der Waals surface area contributed by atoms with Crippen LogP contribution in [0.4, 0.5) is 0 Å². The zero-order valence-electron chi connectivity index (χ0n) is 12.6. The number of hydrogen-bond acceptors (Lipinski definition) is 2. The summed E-state index contributed by atoms with van der Waals surface area (Å²) in [5.41, 5.74) is 2.28. The molecule has 0 saturated carbocycles. The summed E-state index contributed by atoms with van der Waals surface area (Å²) in [6.07, 6.45) is 1.47. The predicted octanol–water partition coefficient (Wildman–Crippen LogP) is 4.73. The molecule has 0 bridgehead atoms. The molecule has 1 rings (SSSR count). The van der Waals surface area contributed by atoms with E-state index in [9.17, 15) is 4.57 Å². The number of hydrogen-bond donors (Lipinski definition) is 0. The number of benzene rings is 1. The second-order valence-corrected chi connectivity index (χ2v) is 8.07. The minimum absolute atomic E-state index is 0.737. The van der Waals surface area contributed by atoms with Gasteiger partial charge in [-0.2, -0.15) is 0 Å². The van der Waals surface area contributed by atoms with Gasteiger partial charge in [0.05, 0.1) is 0 Å². The van der Waals surface area contributed by atoms with Crippen molar-refractivity contribution in [2.24, 2.45) is 0 Å². The molecule has 106 valence electrons. The maximum atomic E-state index is 12.8. The highest BCUT2D eigenvalue weighted by Crippen LogP contribution is 2.48. The lowest BCUT2D eigenvalue weighted by Crippen LogP contribution is -2.21. The molecule has 1 aromatic rings. The Morgan fingerprint density at radius 3 is 2.00 bits per heavy atom. The van der Waals surface area contributed by atoms with Gasteiger partial charge in [-0.25, -0.2) is 0 Å². The largest absolute Gasteiger partial charge is 0.371 e. The highest BCUT2D eigenvalue weighted by atomic mass is 31.2. The van der Waals surface area contributed by atoms with E-state index in [1.807, 2.05) is 37.9 Å². The van der Waals surface area contributed by atoms with Crippen molar-refractivity contribution >= 4 is 12.8 Å². The minimum atomic E-state index is -2.19. The molecule has 0 heterocycles. The first-order chi connectivity index (χ1) is 9.10. The van der Waals surface area contributed by atoms with E-state index in [0.717, 1.165) is 36.7 Å². The van der Waals surface area contributed by atoms with Crippen LogP contribution in [0.1, 0.15) is 33.3 Å². The first kappa shape index (κ1) is 16.0. The van der Waals surface area contributed by atoms with Gasteiger partial charge in [-0.05, 0) is 25.2 Å². The molecule has 0 aliphatic carbocycles. The number of nitrogens with zero attached hydrogens (tertiary/aromatic N) is 1. The predicted molar refractivity (Wildman–Crippen MR) is 86.0 cm³/mol. The summed E-state index contributed by atoms with van der Waals surface area (Å²) in [5.74, 6) is 2.04. The Kier molecular flexibility index (Phi) is 6.37. The van der Waals surface area contributed by atoms with E-state index in [2.05, 4.69) is 30.9 Å². The molecule has 0 fully saturated rings. The van der Waals surface area contributed by atoms with Crippen molar-refractivity contribution in [1.82, 2.24) is 4.90 Å². The van der Waals surface area contributed by atoms with E-state index in [1.165, 1.54) is 0 Å². The molecule has 0 aromatic heterocycles. The average Bonchev–Trinajstić information content (AvgIpc) is 2.48. The molecule has 0 amide bonds. The van der Waals surface area contributed by atoms with Crippen LogP contribution in [-0.4, -0.2) is 30.3 Å². The zero-order valence-corrected chi connectivity index (χ0v) is 13.5. The standard InChI is InChI=1S/C16H26NOP/c1-5-17(6-2)16(14-19(18,7-3)8-4)15-12-10-9-11-13-15/h9-14H,5-8H2,1-4H3. The summed E-state index contributed by atoms with van der Waals surface area (Å²) < 4.78 is 12.8. The number of rotatable bonds is 7. The Morgan fingerprint density at radius 1 is 1.05 bits per heavy atom. The van der Waals surface area contributed by atoms with Crippen molar-refractivity contribution in [3.8, 4) is 0 Å². The monoisotopic (exact) mass is 279 g/mol. The Labute approximate surface area is 117 Å². The lowest BCUT2D eigenvalue weighted by molar-refractivity contribution is 0.442. The molecule has 0 N–H and O–H groups in total. The van der Waals surface area contributed by atoms with Crippen LogP contribution in [0.5, 0.6) is 0 Å². The summed E-state index contributed by atoms with van der Waals surface area (Å²) in [5, 5.41) is 0. The van der Waals surface area contributed by atoms with Crippen LogP contribution in [0.3, 0.4) is 0 Å². The van der Waals surface area contributed by atoms with Gasteiger partial charge in [0.2, 0.25) is 0 Å². The van der Waals surface area contributed by atoms with Crippen LogP contribution in [0.2, 0.25) is 0 Å². The summed E-state index contributed by atoms with van der Waals surface area (Å²) >= 11 is 0. The summed E-state index contributed by atoms with van der Waals surface area (Å²) in [4.78, 5) is 2.29. The quantitative estimate of drug-likeness (QED) is 0.672. The third-order valence-electron chi connectivity index (χ3n) is 3.60. The van der Waals surface area contributed by atoms with E-state index < -0.39 is 7.14 Å². The van der Waals surface area contributed by atoms with Crippen LogP contribution in [0, 0.1) is 0 Å². The Morgan fingerprint density at radius 2 is 1.58 bits per heavy atom. The van der Waals surface area contributed by atoms with E-state index in [0.29, 0.717) is 0 Å². The molecule has 19 heavy (non-hydrogen) atoms. The average molecular weight is 279 g/mol. The molecule has 0 aliphatic rings. The first-order valence-corrected chi connectivity index (χ1v) is 9.35. The lowest BCUT2D eigenvalue weighted by atomic mass is 10.1. The highest BCUT2D eigenvalue weighted by molar-refractivity contribution is 7.67. The Bertz CT molecular complexity index is 441. The third-order valence-corrected chi connectivity index (χ3v) is 6.46. The third kappa shape index (κ3) is 4.24. The van der Waals surface area contributed by atoms with Crippen LogP contribution >= 0.6 is 7.14 Å². The van der Waals surface area contributed by atoms with E-state index in [1.54, 1.807) is 0 Å². The van der Waals surface area contributed by atoms with Gasteiger partial charge in [-0.3, -0.25) is 0 Å². The topological polar surface area (TPSA) is 20.3 Å². The van der Waals surface area contributed by atoms with Crippen molar-refractivity contribution < 1.29 is 4.57 Å². The molecular weight excluding hydrogens is 253 g/mol. The van der Waals surface area contributed by atoms with E-state index >= 15 is 0 Å². The van der Waals surface area contributed by atoms with Gasteiger partial charge in [0, 0.05) is 31.1 Å². The van der Waals surface area contributed by atoms with Gasteiger partial charge in [0.25, 0.3) is 0 Å². The molecule has 0 atom stereocenters. The van der Waals surface area contributed by atoms with Gasteiger partial charge in [0.15, 0.2) is 0 Å². The SMILES string of the molecule is CCN(CC)C(=CP(=O)(CC)CC)c1ccccc1. The maximum Gasteiger partial charge on any atom is 0.110 e. The van der Waals surface area contributed by atoms with Gasteiger partial charge in [-0.1, -0.05) is 44.2 Å². The van der Waals surface area contributed by atoms with Crippen molar-refractivity contribution in [2.75, 3.05) is 25.4 Å². The molecular formula is C16H26NOP. The molecule has 0 spiro atoms. The van der Waals surface area contributed by atoms with Crippen molar-refractivity contribution in [3.05, 3.63) is 41.7 Å². The van der Waals surface area contributed by atoms with Crippen molar-refractivity contribution in [2.45, 2.75) is 27.7 Å². The van der Waals surface area contributed by atoms with Crippen LogP contribution < -0.4 is 0 Å². The molecule has 0 radical (unpaired) electrons. The fourth-order valence-electron chi connectivity index (χ4n) is 2.14. The van der Waals surface area contributed by atoms with Crippen LogP contribution in [-0.2, 0) is 4.57 Å². The molecule has 0 unspecified atom stereocenters. The lowest BCUT2D eigenvalue weighted by Gasteiger charge is -2.26.